The molecule has 0 amide bonds. The standard InChI is InChI=1S/C20H13F3N2O/c21-20(22,23)26-16-12-10-15(11-13-16)25-19(14-6-2-1-3-7-14)17-8-4-5-9-18(17)24-25/h1-13H. The van der Waals surface area contributed by atoms with Gasteiger partial charge in [-0.25, -0.2) is 4.68 Å². The molecule has 0 aliphatic heterocycles. The Morgan fingerprint density at radius 1 is 0.769 bits per heavy atom. The minimum absolute atomic E-state index is 0.265. The van der Waals surface area contributed by atoms with Crippen LogP contribution in [0, 0.1) is 0 Å². The number of fused-ring (bicyclic) bond motifs is 1. The smallest absolute Gasteiger partial charge is 0.406 e. The summed E-state index contributed by atoms with van der Waals surface area (Å²) in [5, 5.41) is 5.58. The predicted octanol–water partition coefficient (Wildman–Crippen LogP) is 5.59. The Balaban J connectivity index is 1.84. The van der Waals surface area contributed by atoms with Crippen LogP contribution in [0.3, 0.4) is 0 Å². The van der Waals surface area contributed by atoms with Gasteiger partial charge in [0, 0.05) is 10.9 Å². The average Bonchev–Trinajstić information content (AvgIpc) is 3.01. The van der Waals surface area contributed by atoms with Gasteiger partial charge in [-0.2, -0.15) is 5.10 Å². The molecule has 4 rings (SSSR count). The maximum atomic E-state index is 12.4. The van der Waals surface area contributed by atoms with Gasteiger partial charge in [0.2, 0.25) is 0 Å². The summed E-state index contributed by atoms with van der Waals surface area (Å²) >= 11 is 0. The van der Waals surface area contributed by atoms with Crippen molar-refractivity contribution < 1.29 is 17.9 Å². The molecule has 0 unspecified atom stereocenters. The van der Waals surface area contributed by atoms with E-state index in [1.807, 2.05) is 54.6 Å². The van der Waals surface area contributed by atoms with Crippen molar-refractivity contribution in [3.63, 3.8) is 0 Å². The van der Waals surface area contributed by atoms with Crippen LogP contribution in [0.4, 0.5) is 13.2 Å². The van der Waals surface area contributed by atoms with Gasteiger partial charge in [0.1, 0.15) is 5.75 Å². The number of benzene rings is 3. The van der Waals surface area contributed by atoms with Gasteiger partial charge in [-0.3, -0.25) is 0 Å². The summed E-state index contributed by atoms with van der Waals surface area (Å²) in [6.45, 7) is 0. The van der Waals surface area contributed by atoms with Crippen molar-refractivity contribution in [1.29, 1.82) is 0 Å². The summed E-state index contributed by atoms with van der Waals surface area (Å²) in [6, 6.07) is 23.1. The lowest BCUT2D eigenvalue weighted by molar-refractivity contribution is -0.274. The van der Waals surface area contributed by atoms with Crippen LogP contribution >= 0.6 is 0 Å². The zero-order valence-corrected chi connectivity index (χ0v) is 13.4. The molecule has 6 heteroatoms. The minimum atomic E-state index is -4.71. The zero-order chi connectivity index (χ0) is 18.1. The number of nitrogens with zero attached hydrogens (tertiary/aromatic N) is 2. The van der Waals surface area contributed by atoms with Gasteiger partial charge in [0.15, 0.2) is 0 Å². The maximum Gasteiger partial charge on any atom is 0.573 e. The zero-order valence-electron chi connectivity index (χ0n) is 13.4. The van der Waals surface area contributed by atoms with Gasteiger partial charge < -0.3 is 4.74 Å². The van der Waals surface area contributed by atoms with Crippen LogP contribution < -0.4 is 4.74 Å². The first kappa shape index (κ1) is 16.2. The van der Waals surface area contributed by atoms with Crippen molar-refractivity contribution in [2.75, 3.05) is 0 Å². The number of rotatable bonds is 3. The van der Waals surface area contributed by atoms with E-state index in [0.29, 0.717) is 5.69 Å². The molecule has 0 atom stereocenters. The molecule has 0 spiro atoms. The quantitative estimate of drug-likeness (QED) is 0.479. The summed E-state index contributed by atoms with van der Waals surface area (Å²) in [6.07, 6.45) is -4.71. The number of alkyl halides is 3. The summed E-state index contributed by atoms with van der Waals surface area (Å²) in [5.74, 6) is -0.265. The topological polar surface area (TPSA) is 27.1 Å². The third-order valence-electron chi connectivity index (χ3n) is 3.94. The first-order valence-electron chi connectivity index (χ1n) is 7.91. The SMILES string of the molecule is FC(F)(F)Oc1ccc(-n2nc3ccccc3c2-c2ccccc2)cc1. The van der Waals surface area contributed by atoms with E-state index in [2.05, 4.69) is 9.84 Å². The summed E-state index contributed by atoms with van der Waals surface area (Å²) in [4.78, 5) is 0. The summed E-state index contributed by atoms with van der Waals surface area (Å²) in [5.41, 5.74) is 3.30. The number of ether oxygens (including phenoxy) is 1. The van der Waals surface area contributed by atoms with Crippen LogP contribution in [-0.4, -0.2) is 16.1 Å². The molecule has 3 nitrogen and oxygen atoms in total. The van der Waals surface area contributed by atoms with E-state index in [0.717, 1.165) is 22.2 Å². The van der Waals surface area contributed by atoms with Crippen molar-refractivity contribution in [2.24, 2.45) is 0 Å². The maximum absolute atomic E-state index is 12.4. The number of hydrogen-bond donors (Lipinski definition) is 0. The highest BCUT2D eigenvalue weighted by atomic mass is 19.4. The Hall–Kier alpha value is -3.28. The van der Waals surface area contributed by atoms with Gasteiger partial charge >= 0.3 is 6.36 Å². The van der Waals surface area contributed by atoms with Crippen molar-refractivity contribution in [3.8, 4) is 22.7 Å². The molecule has 0 aliphatic rings. The van der Waals surface area contributed by atoms with Gasteiger partial charge in [-0.05, 0) is 30.3 Å². The minimum Gasteiger partial charge on any atom is -0.406 e. The highest BCUT2D eigenvalue weighted by Crippen LogP contribution is 2.32. The fourth-order valence-corrected chi connectivity index (χ4v) is 2.88. The molecule has 0 saturated carbocycles. The molecular weight excluding hydrogens is 341 g/mol. The number of halogens is 3. The van der Waals surface area contributed by atoms with Gasteiger partial charge in [-0.15, -0.1) is 13.2 Å². The lowest BCUT2D eigenvalue weighted by Crippen LogP contribution is -2.17. The third-order valence-corrected chi connectivity index (χ3v) is 3.94. The molecule has 130 valence electrons. The molecule has 0 bridgehead atoms. The van der Waals surface area contributed by atoms with Crippen molar-refractivity contribution in [3.05, 3.63) is 78.9 Å². The molecule has 26 heavy (non-hydrogen) atoms. The van der Waals surface area contributed by atoms with E-state index < -0.39 is 6.36 Å². The highest BCUT2D eigenvalue weighted by Gasteiger charge is 2.31. The van der Waals surface area contributed by atoms with E-state index in [9.17, 15) is 13.2 Å². The molecule has 0 fully saturated rings. The van der Waals surface area contributed by atoms with Crippen LogP contribution in [0.25, 0.3) is 27.8 Å². The molecule has 0 saturated heterocycles. The molecule has 0 radical (unpaired) electrons. The second kappa shape index (κ2) is 6.22. The molecule has 0 N–H and O–H groups in total. The van der Waals surface area contributed by atoms with Crippen LogP contribution in [0.5, 0.6) is 5.75 Å². The van der Waals surface area contributed by atoms with Crippen LogP contribution in [0.2, 0.25) is 0 Å². The second-order valence-corrected chi connectivity index (χ2v) is 5.69. The van der Waals surface area contributed by atoms with E-state index in [-0.39, 0.29) is 5.75 Å². The largest absolute Gasteiger partial charge is 0.573 e. The number of aromatic nitrogens is 2. The Morgan fingerprint density at radius 2 is 1.42 bits per heavy atom. The Kier molecular flexibility index (Phi) is 3.88. The fraction of sp³-hybridized carbons (Fsp3) is 0.0500. The third kappa shape index (κ3) is 3.13. The van der Waals surface area contributed by atoms with Gasteiger partial charge in [0.05, 0.1) is 16.9 Å². The predicted molar refractivity (Wildman–Crippen MR) is 93.2 cm³/mol. The van der Waals surface area contributed by atoms with E-state index in [4.69, 9.17) is 0 Å². The molecule has 4 aromatic rings. The molecule has 3 aromatic carbocycles. The summed E-state index contributed by atoms with van der Waals surface area (Å²) < 4.78 is 42.7. The summed E-state index contributed by atoms with van der Waals surface area (Å²) in [7, 11) is 0. The Labute approximate surface area is 147 Å². The normalized spacial score (nSPS) is 11.7. The van der Waals surface area contributed by atoms with E-state index in [1.165, 1.54) is 12.1 Å². The van der Waals surface area contributed by atoms with Crippen LogP contribution in [0.15, 0.2) is 78.9 Å². The van der Waals surface area contributed by atoms with Gasteiger partial charge in [0.25, 0.3) is 0 Å². The first-order chi connectivity index (χ1) is 12.5. The Morgan fingerprint density at radius 3 is 2.12 bits per heavy atom. The van der Waals surface area contributed by atoms with Crippen molar-refractivity contribution in [2.45, 2.75) is 6.36 Å². The van der Waals surface area contributed by atoms with Gasteiger partial charge in [-0.1, -0.05) is 48.5 Å². The first-order valence-corrected chi connectivity index (χ1v) is 7.91. The molecule has 0 aliphatic carbocycles. The second-order valence-electron chi connectivity index (χ2n) is 5.69. The molecular formula is C20H13F3N2O. The lowest BCUT2D eigenvalue weighted by atomic mass is 10.1. The van der Waals surface area contributed by atoms with Crippen molar-refractivity contribution in [1.82, 2.24) is 9.78 Å². The Bertz CT molecular complexity index is 1040. The van der Waals surface area contributed by atoms with Crippen LogP contribution in [0.1, 0.15) is 0 Å². The lowest BCUT2D eigenvalue weighted by Gasteiger charge is -2.11. The highest BCUT2D eigenvalue weighted by molar-refractivity contribution is 5.94. The monoisotopic (exact) mass is 354 g/mol. The van der Waals surface area contributed by atoms with E-state index >= 15 is 0 Å². The van der Waals surface area contributed by atoms with Crippen LogP contribution in [-0.2, 0) is 0 Å². The number of hydrogen-bond acceptors (Lipinski definition) is 2. The fourth-order valence-electron chi connectivity index (χ4n) is 2.88. The van der Waals surface area contributed by atoms with Crippen molar-refractivity contribution >= 4 is 10.9 Å². The molecule has 1 aromatic heterocycles. The average molecular weight is 354 g/mol. The molecule has 1 heterocycles. The van der Waals surface area contributed by atoms with E-state index in [1.54, 1.807) is 16.8 Å².